The molecule has 1 aliphatic rings. The molecule has 4 heteroatoms. The van der Waals surface area contributed by atoms with Gasteiger partial charge in [-0.25, -0.2) is 0 Å². The first kappa shape index (κ1) is 5.92. The lowest BCUT2D eigenvalue weighted by Crippen LogP contribution is -2.10. The molecule has 0 amide bonds. The molecule has 0 bridgehead atoms. The highest BCUT2D eigenvalue weighted by Gasteiger charge is 2.02. The summed E-state index contributed by atoms with van der Waals surface area (Å²) < 4.78 is 1.33. The van der Waals surface area contributed by atoms with Gasteiger partial charge in [0.15, 0.2) is 0 Å². The second-order valence-corrected chi connectivity index (χ2v) is 2.12. The Bertz CT molecular complexity index is 141. The Balaban J connectivity index is 2.66. The third kappa shape index (κ3) is 1.14. The molecular weight excluding hydrogens is 147 g/mol. The molecule has 0 aromatic rings. The highest BCUT2D eigenvalue weighted by atomic mass is 35.5. The number of halogens is 2. The summed E-state index contributed by atoms with van der Waals surface area (Å²) in [7, 11) is 0. The fraction of sp³-hybridized carbons (Fsp3) is 0.250. The van der Waals surface area contributed by atoms with Crippen molar-refractivity contribution in [2.24, 2.45) is 4.99 Å². The van der Waals surface area contributed by atoms with Crippen LogP contribution >= 0.6 is 23.4 Å². The molecule has 0 spiro atoms. The summed E-state index contributed by atoms with van der Waals surface area (Å²) in [4.78, 5) is 3.82. The van der Waals surface area contributed by atoms with E-state index in [-0.39, 0.29) is 0 Å². The molecule has 0 N–H and O–H groups in total. The summed E-state index contributed by atoms with van der Waals surface area (Å²) in [6.07, 6.45) is 3.26. The Morgan fingerprint density at radius 1 is 1.75 bits per heavy atom. The third-order valence-electron chi connectivity index (χ3n) is 0.755. The predicted octanol–water partition coefficient (Wildman–Crippen LogP) is 1.56. The van der Waals surface area contributed by atoms with Crippen LogP contribution in [0, 0.1) is 0 Å². The minimum absolute atomic E-state index is 0.441. The minimum Gasteiger partial charge on any atom is -0.270 e. The molecule has 0 radical (unpaired) electrons. The van der Waals surface area contributed by atoms with Gasteiger partial charge in [0.2, 0.25) is 0 Å². The lowest BCUT2D eigenvalue weighted by atomic mass is 10.6. The molecule has 0 unspecified atom stereocenters. The maximum absolute atomic E-state index is 5.53. The molecule has 0 aromatic heterocycles. The van der Waals surface area contributed by atoms with Crippen molar-refractivity contribution in [3.05, 3.63) is 11.2 Å². The van der Waals surface area contributed by atoms with Crippen molar-refractivity contribution in [1.29, 1.82) is 0 Å². The minimum atomic E-state index is 0.441. The van der Waals surface area contributed by atoms with E-state index < -0.39 is 0 Å². The molecule has 2 nitrogen and oxygen atoms in total. The van der Waals surface area contributed by atoms with Crippen LogP contribution in [0.2, 0.25) is 0 Å². The molecule has 1 heterocycles. The van der Waals surface area contributed by atoms with Gasteiger partial charge in [0.1, 0.15) is 11.8 Å². The number of hydrogen-bond donors (Lipinski definition) is 0. The Morgan fingerprint density at radius 2 is 2.50 bits per heavy atom. The number of allylic oxidation sites excluding steroid dienone is 1. The zero-order valence-electron chi connectivity index (χ0n) is 4.01. The van der Waals surface area contributed by atoms with E-state index in [9.17, 15) is 0 Å². The van der Waals surface area contributed by atoms with E-state index in [1.54, 1.807) is 12.3 Å². The smallest absolute Gasteiger partial charge is 0.126 e. The molecular formula is C4H4Cl2N2. The van der Waals surface area contributed by atoms with Crippen molar-refractivity contribution < 1.29 is 0 Å². The molecule has 0 saturated heterocycles. The van der Waals surface area contributed by atoms with Gasteiger partial charge in [-0.3, -0.25) is 9.41 Å². The Morgan fingerprint density at radius 3 is 2.88 bits per heavy atom. The van der Waals surface area contributed by atoms with Crippen LogP contribution in [0.5, 0.6) is 0 Å². The van der Waals surface area contributed by atoms with Crippen LogP contribution in [-0.2, 0) is 0 Å². The van der Waals surface area contributed by atoms with Crippen LogP contribution in [0.3, 0.4) is 0 Å². The predicted molar refractivity (Wildman–Crippen MR) is 35.0 cm³/mol. The largest absolute Gasteiger partial charge is 0.270 e. The first-order valence-corrected chi connectivity index (χ1v) is 2.81. The van der Waals surface area contributed by atoms with Crippen LogP contribution in [0.15, 0.2) is 16.2 Å². The highest BCUT2D eigenvalue weighted by molar-refractivity contribution is 6.34. The Kier molecular flexibility index (Phi) is 1.76. The van der Waals surface area contributed by atoms with Gasteiger partial charge < -0.3 is 0 Å². The summed E-state index contributed by atoms with van der Waals surface area (Å²) in [5.41, 5.74) is 0. The fourth-order valence-corrected chi connectivity index (χ4v) is 0.609. The van der Waals surface area contributed by atoms with Crippen LogP contribution in [-0.4, -0.2) is 17.3 Å². The highest BCUT2D eigenvalue weighted by Crippen LogP contribution is 2.13. The summed E-state index contributed by atoms with van der Waals surface area (Å²) in [5.74, 6) is 0. The van der Waals surface area contributed by atoms with Crippen LogP contribution in [0.4, 0.5) is 0 Å². The van der Waals surface area contributed by atoms with Crippen molar-refractivity contribution >= 4 is 29.6 Å². The standard InChI is InChI=1S/C4H4Cl2N2/c5-4-1-2-7-3-8(4)6/h1-2H,3H2. The lowest BCUT2D eigenvalue weighted by molar-refractivity contribution is 0.603. The molecule has 44 valence electrons. The van der Waals surface area contributed by atoms with Crippen LogP contribution < -0.4 is 0 Å². The van der Waals surface area contributed by atoms with E-state index in [2.05, 4.69) is 4.99 Å². The molecule has 0 atom stereocenters. The second-order valence-electron chi connectivity index (χ2n) is 1.32. The second kappa shape index (κ2) is 2.37. The normalized spacial score (nSPS) is 18.8. The van der Waals surface area contributed by atoms with Crippen molar-refractivity contribution in [1.82, 2.24) is 4.42 Å². The monoisotopic (exact) mass is 150 g/mol. The maximum atomic E-state index is 5.53. The SMILES string of the molecule is ClC1=CC=NCN1Cl. The summed E-state index contributed by atoms with van der Waals surface area (Å²) >= 11 is 11.0. The van der Waals surface area contributed by atoms with Gasteiger partial charge in [0.25, 0.3) is 0 Å². The van der Waals surface area contributed by atoms with Gasteiger partial charge in [-0.05, 0) is 6.08 Å². The topological polar surface area (TPSA) is 15.6 Å². The van der Waals surface area contributed by atoms with Gasteiger partial charge >= 0.3 is 0 Å². The van der Waals surface area contributed by atoms with E-state index >= 15 is 0 Å². The zero-order valence-corrected chi connectivity index (χ0v) is 5.52. The number of hydrogen-bond acceptors (Lipinski definition) is 2. The number of nitrogens with zero attached hydrogens (tertiary/aromatic N) is 2. The van der Waals surface area contributed by atoms with E-state index in [1.165, 1.54) is 4.42 Å². The van der Waals surface area contributed by atoms with Crippen molar-refractivity contribution in [2.75, 3.05) is 6.67 Å². The van der Waals surface area contributed by atoms with E-state index in [4.69, 9.17) is 23.4 Å². The summed E-state index contributed by atoms with van der Waals surface area (Å²) in [6, 6.07) is 0. The van der Waals surface area contributed by atoms with E-state index in [1.807, 2.05) is 0 Å². The summed E-state index contributed by atoms with van der Waals surface area (Å²) in [5, 5.41) is 0.515. The Labute approximate surface area is 57.5 Å². The first-order valence-electron chi connectivity index (χ1n) is 2.09. The van der Waals surface area contributed by atoms with Crippen LogP contribution in [0.1, 0.15) is 0 Å². The quantitative estimate of drug-likeness (QED) is 0.379. The number of rotatable bonds is 0. The average molecular weight is 151 g/mol. The Hall–Kier alpha value is -0.210. The average Bonchev–Trinajstić information content (AvgIpc) is 1.77. The maximum Gasteiger partial charge on any atom is 0.126 e. The van der Waals surface area contributed by atoms with Crippen molar-refractivity contribution in [2.45, 2.75) is 0 Å². The lowest BCUT2D eigenvalue weighted by Gasteiger charge is -2.12. The molecule has 0 aromatic carbocycles. The van der Waals surface area contributed by atoms with E-state index in [0.29, 0.717) is 11.8 Å². The van der Waals surface area contributed by atoms with Gasteiger partial charge in [-0.2, -0.15) is 0 Å². The van der Waals surface area contributed by atoms with Crippen molar-refractivity contribution in [3.8, 4) is 0 Å². The van der Waals surface area contributed by atoms with Gasteiger partial charge in [-0.15, -0.1) is 0 Å². The van der Waals surface area contributed by atoms with Crippen molar-refractivity contribution in [3.63, 3.8) is 0 Å². The fourth-order valence-electron chi connectivity index (χ4n) is 0.381. The molecule has 1 aliphatic heterocycles. The van der Waals surface area contributed by atoms with Gasteiger partial charge in [0, 0.05) is 18.0 Å². The van der Waals surface area contributed by atoms with Gasteiger partial charge in [0.05, 0.1) is 0 Å². The molecule has 1 rings (SSSR count). The number of aliphatic imine (C=N–C) groups is 1. The first-order chi connectivity index (χ1) is 3.80. The third-order valence-corrected chi connectivity index (χ3v) is 1.46. The molecule has 8 heavy (non-hydrogen) atoms. The van der Waals surface area contributed by atoms with Crippen LogP contribution in [0.25, 0.3) is 0 Å². The zero-order chi connectivity index (χ0) is 5.98. The molecule has 0 aliphatic carbocycles. The van der Waals surface area contributed by atoms with E-state index in [0.717, 1.165) is 0 Å². The molecule has 0 saturated carbocycles. The van der Waals surface area contributed by atoms with Gasteiger partial charge in [-0.1, -0.05) is 11.6 Å². The summed E-state index contributed by atoms with van der Waals surface area (Å²) in [6.45, 7) is 0.441. The molecule has 0 fully saturated rings.